The zero-order valence-electron chi connectivity index (χ0n) is 19.0. The van der Waals surface area contributed by atoms with Crippen LogP contribution in [0.1, 0.15) is 18.4 Å². The first kappa shape index (κ1) is 24.0. The van der Waals surface area contributed by atoms with E-state index in [1.54, 1.807) is 0 Å². The van der Waals surface area contributed by atoms with Crippen LogP contribution in [0.4, 0.5) is 10.5 Å². The Labute approximate surface area is 195 Å². The number of rotatable bonds is 11. The van der Waals surface area contributed by atoms with Gasteiger partial charge in [-0.1, -0.05) is 72.8 Å². The molecule has 0 aromatic heterocycles. The molecule has 0 aliphatic rings. The monoisotopic (exact) mass is 444 g/mol. The predicted octanol–water partition coefficient (Wildman–Crippen LogP) is 4.20. The van der Waals surface area contributed by atoms with Gasteiger partial charge in [-0.25, -0.2) is 4.79 Å². The first-order chi connectivity index (χ1) is 16.1. The first-order valence-corrected chi connectivity index (χ1v) is 11.3. The Bertz CT molecular complexity index is 992. The highest BCUT2D eigenvalue weighted by Gasteiger charge is 2.15. The molecule has 3 amide bonds. The average molecular weight is 445 g/mol. The summed E-state index contributed by atoms with van der Waals surface area (Å²) in [6, 6.07) is 27.4. The third kappa shape index (κ3) is 8.43. The molecule has 0 spiro atoms. The van der Waals surface area contributed by atoms with Gasteiger partial charge < -0.3 is 21.3 Å². The lowest BCUT2D eigenvalue weighted by Gasteiger charge is -2.19. The van der Waals surface area contributed by atoms with Gasteiger partial charge in [0.15, 0.2) is 0 Å². The smallest absolute Gasteiger partial charge is 0.319 e. The van der Waals surface area contributed by atoms with Crippen molar-refractivity contribution < 1.29 is 9.59 Å². The maximum absolute atomic E-state index is 12.7. The molecule has 1 atom stereocenters. The molecule has 6 heteroatoms. The average Bonchev–Trinajstić information content (AvgIpc) is 2.84. The summed E-state index contributed by atoms with van der Waals surface area (Å²) in [4.78, 5) is 24.8. The second-order valence-corrected chi connectivity index (χ2v) is 7.92. The van der Waals surface area contributed by atoms with Gasteiger partial charge in [-0.3, -0.25) is 4.79 Å². The molecule has 172 valence electrons. The zero-order chi connectivity index (χ0) is 23.3. The molecule has 6 nitrogen and oxygen atoms in total. The lowest BCUT2D eigenvalue weighted by Crippen LogP contribution is -2.40. The Morgan fingerprint density at radius 3 is 2.09 bits per heavy atom. The van der Waals surface area contributed by atoms with Crippen LogP contribution in [-0.4, -0.2) is 38.1 Å². The van der Waals surface area contributed by atoms with E-state index in [4.69, 9.17) is 0 Å². The SMILES string of the molecule is CNCCNC(=O)CCC(Cc1ccccc1)NC(=O)Nc1ccc(-c2ccccc2)cc1. The number of hydrogen-bond donors (Lipinski definition) is 4. The summed E-state index contributed by atoms with van der Waals surface area (Å²) in [5.41, 5.74) is 4.05. The summed E-state index contributed by atoms with van der Waals surface area (Å²) in [5, 5.41) is 11.8. The number of hydrogen-bond acceptors (Lipinski definition) is 3. The van der Waals surface area contributed by atoms with E-state index in [0.717, 1.165) is 28.9 Å². The van der Waals surface area contributed by atoms with Gasteiger partial charge in [0, 0.05) is 31.2 Å². The number of anilines is 1. The summed E-state index contributed by atoms with van der Waals surface area (Å²) >= 11 is 0. The van der Waals surface area contributed by atoms with E-state index in [9.17, 15) is 9.59 Å². The maximum Gasteiger partial charge on any atom is 0.319 e. The number of likely N-dealkylation sites (N-methyl/N-ethyl adjacent to an activating group) is 1. The van der Waals surface area contributed by atoms with E-state index in [1.807, 2.05) is 79.8 Å². The van der Waals surface area contributed by atoms with Crippen LogP contribution in [0.2, 0.25) is 0 Å². The van der Waals surface area contributed by atoms with Crippen molar-refractivity contribution in [2.24, 2.45) is 0 Å². The number of carbonyl (C=O) groups is 2. The van der Waals surface area contributed by atoms with Crippen LogP contribution in [0.3, 0.4) is 0 Å². The van der Waals surface area contributed by atoms with Crippen LogP contribution in [0.5, 0.6) is 0 Å². The zero-order valence-corrected chi connectivity index (χ0v) is 19.0. The Morgan fingerprint density at radius 1 is 0.788 bits per heavy atom. The predicted molar refractivity (Wildman–Crippen MR) is 134 cm³/mol. The molecule has 3 rings (SSSR count). The van der Waals surface area contributed by atoms with Crippen molar-refractivity contribution in [3.05, 3.63) is 90.5 Å². The molecule has 0 aliphatic heterocycles. The minimum absolute atomic E-state index is 0.0120. The van der Waals surface area contributed by atoms with Gasteiger partial charge in [-0.15, -0.1) is 0 Å². The summed E-state index contributed by atoms with van der Waals surface area (Å²) in [7, 11) is 1.85. The van der Waals surface area contributed by atoms with Crippen LogP contribution in [0, 0.1) is 0 Å². The van der Waals surface area contributed by atoms with Crippen molar-refractivity contribution in [3.8, 4) is 11.1 Å². The summed E-state index contributed by atoms with van der Waals surface area (Å²) in [5.74, 6) is -0.0120. The van der Waals surface area contributed by atoms with Crippen LogP contribution < -0.4 is 21.3 Å². The number of urea groups is 1. The van der Waals surface area contributed by atoms with E-state index in [2.05, 4.69) is 33.4 Å². The van der Waals surface area contributed by atoms with Gasteiger partial charge in [0.25, 0.3) is 0 Å². The number of carbonyl (C=O) groups excluding carboxylic acids is 2. The van der Waals surface area contributed by atoms with Gasteiger partial charge >= 0.3 is 6.03 Å². The number of nitrogens with one attached hydrogen (secondary N) is 4. The topological polar surface area (TPSA) is 82.3 Å². The molecule has 33 heavy (non-hydrogen) atoms. The standard InChI is InChI=1S/C27H32N4O2/c1-28-18-19-29-26(32)17-16-25(20-21-8-4-2-5-9-21)31-27(33)30-24-14-12-23(13-15-24)22-10-6-3-7-11-22/h2-15,25,28H,16-20H2,1H3,(H,29,32)(H2,30,31,33). The molecule has 1 unspecified atom stereocenters. The van der Waals surface area contributed by atoms with Gasteiger partial charge in [0.2, 0.25) is 5.91 Å². The molecule has 0 bridgehead atoms. The molecule has 0 heterocycles. The fourth-order valence-corrected chi connectivity index (χ4v) is 3.57. The minimum Gasteiger partial charge on any atom is -0.355 e. The lowest BCUT2D eigenvalue weighted by atomic mass is 10.0. The Hall–Kier alpha value is -3.64. The van der Waals surface area contributed by atoms with E-state index in [1.165, 1.54) is 0 Å². The molecular formula is C27H32N4O2. The van der Waals surface area contributed by atoms with Crippen molar-refractivity contribution in [1.29, 1.82) is 0 Å². The third-order valence-electron chi connectivity index (χ3n) is 5.33. The minimum atomic E-state index is -0.279. The van der Waals surface area contributed by atoms with Crippen molar-refractivity contribution >= 4 is 17.6 Å². The first-order valence-electron chi connectivity index (χ1n) is 11.3. The van der Waals surface area contributed by atoms with Crippen LogP contribution in [0.25, 0.3) is 11.1 Å². The number of amides is 3. The third-order valence-corrected chi connectivity index (χ3v) is 5.33. The highest BCUT2D eigenvalue weighted by atomic mass is 16.2. The Balaban J connectivity index is 1.57. The fourth-order valence-electron chi connectivity index (χ4n) is 3.57. The molecule has 4 N–H and O–H groups in total. The molecule has 3 aromatic carbocycles. The summed E-state index contributed by atoms with van der Waals surface area (Å²) in [6.07, 6.45) is 1.57. The second-order valence-electron chi connectivity index (χ2n) is 7.92. The highest BCUT2D eigenvalue weighted by molar-refractivity contribution is 5.89. The highest BCUT2D eigenvalue weighted by Crippen LogP contribution is 2.21. The van der Waals surface area contributed by atoms with Gasteiger partial charge in [-0.2, -0.15) is 0 Å². The van der Waals surface area contributed by atoms with Crippen LogP contribution in [-0.2, 0) is 11.2 Å². The van der Waals surface area contributed by atoms with Crippen molar-refractivity contribution in [1.82, 2.24) is 16.0 Å². The van der Waals surface area contributed by atoms with Gasteiger partial charge in [0.05, 0.1) is 0 Å². The van der Waals surface area contributed by atoms with E-state index in [-0.39, 0.29) is 18.0 Å². The molecule has 0 aliphatic carbocycles. The van der Waals surface area contributed by atoms with Gasteiger partial charge in [0.1, 0.15) is 0 Å². The molecule has 0 saturated heterocycles. The van der Waals surface area contributed by atoms with E-state index in [0.29, 0.717) is 25.8 Å². The molecule has 0 saturated carbocycles. The summed E-state index contributed by atoms with van der Waals surface area (Å²) < 4.78 is 0. The maximum atomic E-state index is 12.7. The Morgan fingerprint density at radius 2 is 1.42 bits per heavy atom. The number of benzene rings is 3. The Kier molecular flexibility index (Phi) is 9.48. The molecule has 3 aromatic rings. The molecule has 0 radical (unpaired) electrons. The van der Waals surface area contributed by atoms with Crippen LogP contribution in [0.15, 0.2) is 84.9 Å². The normalized spacial score (nSPS) is 11.4. The lowest BCUT2D eigenvalue weighted by molar-refractivity contribution is -0.121. The quantitative estimate of drug-likeness (QED) is 0.335. The molecule has 0 fully saturated rings. The van der Waals surface area contributed by atoms with Gasteiger partial charge in [-0.05, 0) is 48.7 Å². The van der Waals surface area contributed by atoms with E-state index >= 15 is 0 Å². The second kappa shape index (κ2) is 13.0. The van der Waals surface area contributed by atoms with Crippen molar-refractivity contribution in [2.45, 2.75) is 25.3 Å². The summed E-state index contributed by atoms with van der Waals surface area (Å²) in [6.45, 7) is 1.31. The van der Waals surface area contributed by atoms with Crippen molar-refractivity contribution in [2.75, 3.05) is 25.5 Å². The largest absolute Gasteiger partial charge is 0.355 e. The van der Waals surface area contributed by atoms with E-state index < -0.39 is 0 Å². The fraction of sp³-hybridized carbons (Fsp3) is 0.259. The van der Waals surface area contributed by atoms with Crippen LogP contribution >= 0.6 is 0 Å². The van der Waals surface area contributed by atoms with Crippen molar-refractivity contribution in [3.63, 3.8) is 0 Å². The molecular weight excluding hydrogens is 412 g/mol.